The first kappa shape index (κ1) is 14.9. The van der Waals surface area contributed by atoms with E-state index >= 15 is 0 Å². The van der Waals surface area contributed by atoms with E-state index in [9.17, 15) is 10.1 Å². The lowest BCUT2D eigenvalue weighted by Crippen LogP contribution is -2.21. The SMILES string of the molecule is Cc1nn(C)c(Sc2nnnn2C2CCOCC2)c1[N+](=O)[O-]. The van der Waals surface area contributed by atoms with Gasteiger partial charge in [0.1, 0.15) is 5.69 Å². The number of rotatable bonds is 4. The van der Waals surface area contributed by atoms with Crippen LogP contribution in [0.15, 0.2) is 10.2 Å². The van der Waals surface area contributed by atoms with Crippen LogP contribution < -0.4 is 0 Å². The average molecular weight is 325 g/mol. The minimum Gasteiger partial charge on any atom is -0.381 e. The summed E-state index contributed by atoms with van der Waals surface area (Å²) in [4.78, 5) is 10.8. The maximum atomic E-state index is 11.2. The van der Waals surface area contributed by atoms with Crippen LogP contribution in [0, 0.1) is 17.0 Å². The molecule has 1 aliphatic heterocycles. The van der Waals surface area contributed by atoms with E-state index in [1.165, 1.54) is 4.68 Å². The molecule has 0 amide bonds. The Labute approximate surface area is 130 Å². The minimum atomic E-state index is -0.423. The smallest absolute Gasteiger partial charge is 0.324 e. The van der Waals surface area contributed by atoms with E-state index in [1.807, 2.05) is 0 Å². The van der Waals surface area contributed by atoms with Gasteiger partial charge in [-0.05, 0) is 42.0 Å². The molecule has 22 heavy (non-hydrogen) atoms. The van der Waals surface area contributed by atoms with Crippen molar-refractivity contribution < 1.29 is 9.66 Å². The fraction of sp³-hybridized carbons (Fsp3) is 0.636. The Morgan fingerprint density at radius 3 is 2.82 bits per heavy atom. The number of aryl methyl sites for hydroxylation is 2. The number of hydrogen-bond donors (Lipinski definition) is 0. The van der Waals surface area contributed by atoms with E-state index < -0.39 is 4.92 Å². The molecule has 2 aromatic rings. The Bertz CT molecular complexity index is 692. The molecule has 0 unspecified atom stereocenters. The van der Waals surface area contributed by atoms with Gasteiger partial charge in [-0.25, -0.2) is 4.68 Å². The summed E-state index contributed by atoms with van der Waals surface area (Å²) in [6.45, 7) is 2.95. The molecule has 0 saturated carbocycles. The molecule has 0 atom stereocenters. The number of nitro groups is 1. The first-order valence-corrected chi connectivity index (χ1v) is 7.61. The van der Waals surface area contributed by atoms with Crippen LogP contribution in [0.1, 0.15) is 24.6 Å². The van der Waals surface area contributed by atoms with Crippen LogP contribution in [-0.2, 0) is 11.8 Å². The molecular formula is C11H15N7O3S. The molecule has 3 rings (SSSR count). The van der Waals surface area contributed by atoms with Gasteiger partial charge in [0, 0.05) is 20.3 Å². The van der Waals surface area contributed by atoms with Crippen molar-refractivity contribution in [1.82, 2.24) is 30.0 Å². The average Bonchev–Trinajstić information content (AvgIpc) is 3.05. The summed E-state index contributed by atoms with van der Waals surface area (Å²) in [5, 5.41) is 28.0. The Hall–Kier alpha value is -2.01. The first-order chi connectivity index (χ1) is 10.6. The van der Waals surface area contributed by atoms with Crippen LogP contribution in [0.4, 0.5) is 5.69 Å². The lowest BCUT2D eigenvalue weighted by molar-refractivity contribution is -0.388. The second kappa shape index (κ2) is 6.01. The highest BCUT2D eigenvalue weighted by atomic mass is 32.2. The third-order valence-corrected chi connectivity index (χ3v) is 4.61. The van der Waals surface area contributed by atoms with Gasteiger partial charge in [-0.2, -0.15) is 5.10 Å². The van der Waals surface area contributed by atoms with Crippen molar-refractivity contribution >= 4 is 17.4 Å². The normalized spacial score (nSPS) is 16.1. The molecule has 2 aromatic heterocycles. The van der Waals surface area contributed by atoms with Crippen LogP contribution in [0.3, 0.4) is 0 Å². The van der Waals surface area contributed by atoms with Crippen LogP contribution in [-0.4, -0.2) is 48.1 Å². The summed E-state index contributed by atoms with van der Waals surface area (Å²) in [5.74, 6) is 0. The van der Waals surface area contributed by atoms with Crippen LogP contribution in [0.25, 0.3) is 0 Å². The van der Waals surface area contributed by atoms with Crippen molar-refractivity contribution in [2.45, 2.75) is 36.0 Å². The van der Waals surface area contributed by atoms with E-state index in [-0.39, 0.29) is 11.7 Å². The molecule has 0 aliphatic carbocycles. The van der Waals surface area contributed by atoms with Gasteiger partial charge in [-0.15, -0.1) is 5.10 Å². The molecule has 3 heterocycles. The Morgan fingerprint density at radius 1 is 1.41 bits per heavy atom. The first-order valence-electron chi connectivity index (χ1n) is 6.79. The van der Waals surface area contributed by atoms with E-state index in [2.05, 4.69) is 20.6 Å². The topological polar surface area (TPSA) is 114 Å². The van der Waals surface area contributed by atoms with Crippen molar-refractivity contribution in [2.75, 3.05) is 13.2 Å². The molecular weight excluding hydrogens is 310 g/mol. The van der Waals surface area contributed by atoms with Crippen LogP contribution >= 0.6 is 11.8 Å². The minimum absolute atomic E-state index is 0.00553. The molecule has 118 valence electrons. The molecule has 0 aromatic carbocycles. The summed E-state index contributed by atoms with van der Waals surface area (Å²) in [5.41, 5.74) is 0.370. The van der Waals surface area contributed by atoms with Crippen molar-refractivity contribution in [3.05, 3.63) is 15.8 Å². The van der Waals surface area contributed by atoms with E-state index in [0.717, 1.165) is 24.6 Å². The Morgan fingerprint density at radius 2 is 2.14 bits per heavy atom. The van der Waals surface area contributed by atoms with Gasteiger partial charge in [0.15, 0.2) is 5.03 Å². The van der Waals surface area contributed by atoms with Gasteiger partial charge in [0.05, 0.1) is 11.0 Å². The van der Waals surface area contributed by atoms with E-state index in [4.69, 9.17) is 4.74 Å². The van der Waals surface area contributed by atoms with Gasteiger partial charge in [-0.1, -0.05) is 0 Å². The number of ether oxygens (including phenoxy) is 1. The van der Waals surface area contributed by atoms with Crippen LogP contribution in [0.5, 0.6) is 0 Å². The molecule has 1 aliphatic rings. The Kier molecular flexibility index (Phi) is 4.07. The second-order valence-corrected chi connectivity index (χ2v) is 5.93. The number of tetrazole rings is 1. The number of aromatic nitrogens is 6. The lowest BCUT2D eigenvalue weighted by Gasteiger charge is -2.22. The van der Waals surface area contributed by atoms with Gasteiger partial charge in [0.2, 0.25) is 5.16 Å². The zero-order valence-corrected chi connectivity index (χ0v) is 13.0. The van der Waals surface area contributed by atoms with Gasteiger partial charge in [0.25, 0.3) is 0 Å². The van der Waals surface area contributed by atoms with Crippen molar-refractivity contribution in [1.29, 1.82) is 0 Å². The van der Waals surface area contributed by atoms with Gasteiger partial charge < -0.3 is 4.74 Å². The van der Waals surface area contributed by atoms with Gasteiger partial charge in [-0.3, -0.25) is 14.8 Å². The molecule has 10 nitrogen and oxygen atoms in total. The molecule has 0 radical (unpaired) electrons. The summed E-state index contributed by atoms with van der Waals surface area (Å²) in [6, 6.07) is 0.152. The number of nitrogens with zero attached hydrogens (tertiary/aromatic N) is 7. The summed E-state index contributed by atoms with van der Waals surface area (Å²) in [6.07, 6.45) is 1.65. The fourth-order valence-electron chi connectivity index (χ4n) is 2.45. The predicted molar refractivity (Wildman–Crippen MR) is 75.6 cm³/mol. The maximum absolute atomic E-state index is 11.2. The largest absolute Gasteiger partial charge is 0.381 e. The molecule has 1 saturated heterocycles. The highest BCUT2D eigenvalue weighted by Crippen LogP contribution is 2.36. The van der Waals surface area contributed by atoms with Crippen molar-refractivity contribution in [3.8, 4) is 0 Å². The monoisotopic (exact) mass is 325 g/mol. The highest BCUT2D eigenvalue weighted by molar-refractivity contribution is 7.99. The fourth-order valence-corrected chi connectivity index (χ4v) is 3.47. The molecule has 11 heteroatoms. The lowest BCUT2D eigenvalue weighted by atomic mass is 10.1. The standard InChI is InChI=1S/C11H15N7O3S/c1-7-9(18(19)20)10(16(2)13-7)22-11-12-14-15-17(11)8-3-5-21-6-4-8/h8H,3-6H2,1-2H3. The van der Waals surface area contributed by atoms with Crippen molar-refractivity contribution in [3.63, 3.8) is 0 Å². The summed E-state index contributed by atoms with van der Waals surface area (Å²) >= 11 is 1.16. The highest BCUT2D eigenvalue weighted by Gasteiger charge is 2.28. The predicted octanol–water partition coefficient (Wildman–Crippen LogP) is 1.13. The second-order valence-electron chi connectivity index (χ2n) is 4.97. The molecule has 0 N–H and O–H groups in total. The third kappa shape index (κ3) is 2.68. The Balaban J connectivity index is 1.91. The van der Waals surface area contributed by atoms with E-state index in [1.54, 1.807) is 18.7 Å². The molecule has 1 fully saturated rings. The number of hydrogen-bond acceptors (Lipinski definition) is 8. The van der Waals surface area contributed by atoms with Gasteiger partial charge >= 0.3 is 5.69 Å². The summed E-state index contributed by atoms with van der Waals surface area (Å²) < 4.78 is 8.55. The van der Waals surface area contributed by atoms with Crippen LogP contribution in [0.2, 0.25) is 0 Å². The quantitative estimate of drug-likeness (QED) is 0.607. The van der Waals surface area contributed by atoms with Crippen molar-refractivity contribution in [2.24, 2.45) is 7.05 Å². The van der Waals surface area contributed by atoms with E-state index in [0.29, 0.717) is 29.1 Å². The zero-order valence-electron chi connectivity index (χ0n) is 12.2. The molecule has 0 bridgehead atoms. The zero-order chi connectivity index (χ0) is 15.7. The molecule has 0 spiro atoms. The maximum Gasteiger partial charge on any atom is 0.324 e. The summed E-state index contributed by atoms with van der Waals surface area (Å²) in [7, 11) is 1.67. The third-order valence-electron chi connectivity index (χ3n) is 3.51.